The van der Waals surface area contributed by atoms with Crippen molar-refractivity contribution in [3.05, 3.63) is 176 Å². The van der Waals surface area contributed by atoms with Gasteiger partial charge in [0.15, 0.2) is 0 Å². The zero-order valence-corrected chi connectivity index (χ0v) is 25.6. The van der Waals surface area contributed by atoms with Crippen LogP contribution in [0.5, 0.6) is 0 Å². The predicted molar refractivity (Wildman–Crippen MR) is 198 cm³/mol. The molecule has 0 atom stereocenters. The Morgan fingerprint density at radius 2 is 1.13 bits per heavy atom. The monoisotopic (exact) mass is 605 g/mol. The Labute approximate surface area is 273 Å². The van der Waals surface area contributed by atoms with Crippen molar-refractivity contribution in [1.82, 2.24) is 4.57 Å². The zero-order chi connectivity index (χ0) is 31.6. The second-order valence-corrected chi connectivity index (χ2v) is 11.4. The van der Waals surface area contributed by atoms with E-state index >= 15 is 0 Å². The van der Waals surface area contributed by atoms with Crippen LogP contribution in [0.2, 0.25) is 0 Å². The summed E-state index contributed by atoms with van der Waals surface area (Å²) < 4.78 is 2.34. The van der Waals surface area contributed by atoms with E-state index in [4.69, 9.17) is 5.41 Å². The molecule has 0 saturated heterocycles. The maximum Gasteiger partial charge on any atom is 0.108 e. The third-order valence-corrected chi connectivity index (χ3v) is 8.49. The van der Waals surface area contributed by atoms with Crippen molar-refractivity contribution in [2.24, 2.45) is 5.10 Å². The van der Waals surface area contributed by atoms with Crippen LogP contribution in [-0.4, -0.2) is 16.0 Å². The molecule has 0 radical (unpaired) electrons. The molecule has 1 heterocycles. The topological polar surface area (TPSA) is 56.4 Å². The summed E-state index contributed by atoms with van der Waals surface area (Å²) >= 11 is 0. The number of rotatable bonds is 7. The lowest BCUT2D eigenvalue weighted by Gasteiger charge is -2.26. The van der Waals surface area contributed by atoms with Crippen LogP contribution >= 0.6 is 0 Å². The molecule has 0 bridgehead atoms. The summed E-state index contributed by atoms with van der Waals surface area (Å²) in [6, 6.07) is 53.3. The van der Waals surface area contributed by atoms with Crippen LogP contribution in [0, 0.1) is 5.41 Å². The second-order valence-electron chi connectivity index (χ2n) is 11.4. The molecule has 5 heteroatoms. The van der Waals surface area contributed by atoms with Crippen LogP contribution < -0.4 is 10.3 Å². The van der Waals surface area contributed by atoms with Crippen molar-refractivity contribution in [2.75, 3.05) is 10.3 Å². The first-order valence-electron chi connectivity index (χ1n) is 15.6. The van der Waals surface area contributed by atoms with Crippen LogP contribution in [0.3, 0.4) is 0 Å². The number of fused-ring (bicyclic) bond motifs is 3. The number of hydrogen-bond donors (Lipinski definition) is 2. The smallest absolute Gasteiger partial charge is 0.108 e. The number of hydrogen-bond acceptors (Lipinski definition) is 4. The van der Waals surface area contributed by atoms with E-state index in [0.717, 1.165) is 28.4 Å². The molecule has 0 amide bonds. The maximum absolute atomic E-state index is 8.17. The molecule has 1 aliphatic carbocycles. The Kier molecular flexibility index (Phi) is 7.25. The van der Waals surface area contributed by atoms with Gasteiger partial charge in [-0.15, -0.1) is 0 Å². The SMILES string of the molecule is N=C1C=CC=C/C1=N/Nc1cccc(N(c2ccc(-c3ccccc3)cc2)c2ccc(-n3c4ccccc4c4ccccc43)cc2)c1. The summed E-state index contributed by atoms with van der Waals surface area (Å²) in [5.74, 6) is 0. The van der Waals surface area contributed by atoms with Crippen molar-refractivity contribution in [1.29, 1.82) is 5.41 Å². The number of aromatic nitrogens is 1. The van der Waals surface area contributed by atoms with E-state index in [2.05, 4.69) is 153 Å². The molecule has 224 valence electrons. The maximum atomic E-state index is 8.17. The van der Waals surface area contributed by atoms with Gasteiger partial charge in [-0.1, -0.05) is 97.1 Å². The molecule has 0 fully saturated rings. The predicted octanol–water partition coefficient (Wildman–Crippen LogP) is 10.8. The number of anilines is 4. The normalized spacial score (nSPS) is 13.4. The summed E-state index contributed by atoms with van der Waals surface area (Å²) in [5.41, 5.74) is 13.9. The first kappa shape index (κ1) is 28.0. The largest absolute Gasteiger partial charge is 0.310 e. The van der Waals surface area contributed by atoms with Gasteiger partial charge in [0.2, 0.25) is 0 Å². The van der Waals surface area contributed by atoms with E-state index in [1.165, 1.54) is 32.9 Å². The van der Waals surface area contributed by atoms with Crippen LogP contribution in [-0.2, 0) is 0 Å². The minimum atomic E-state index is 0.375. The zero-order valence-electron chi connectivity index (χ0n) is 25.6. The van der Waals surface area contributed by atoms with Gasteiger partial charge in [-0.3, -0.25) is 10.8 Å². The molecule has 1 aliphatic rings. The lowest BCUT2D eigenvalue weighted by atomic mass is 10.0. The quantitative estimate of drug-likeness (QED) is 0.140. The molecule has 1 aromatic heterocycles. The van der Waals surface area contributed by atoms with Gasteiger partial charge in [0, 0.05) is 33.5 Å². The number of para-hydroxylation sites is 2. The number of benzene rings is 6. The van der Waals surface area contributed by atoms with E-state index in [9.17, 15) is 0 Å². The Bertz CT molecular complexity index is 2270. The molecule has 2 N–H and O–H groups in total. The molecule has 47 heavy (non-hydrogen) atoms. The minimum Gasteiger partial charge on any atom is -0.310 e. The van der Waals surface area contributed by atoms with E-state index in [-0.39, 0.29) is 0 Å². The minimum absolute atomic E-state index is 0.375. The highest BCUT2D eigenvalue weighted by Gasteiger charge is 2.16. The van der Waals surface area contributed by atoms with Gasteiger partial charge in [0.25, 0.3) is 0 Å². The Hall–Kier alpha value is -6.46. The highest BCUT2D eigenvalue weighted by atomic mass is 15.3. The van der Waals surface area contributed by atoms with E-state index in [1.807, 2.05) is 36.4 Å². The van der Waals surface area contributed by atoms with Crippen LogP contribution in [0.25, 0.3) is 38.6 Å². The Morgan fingerprint density at radius 3 is 1.81 bits per heavy atom. The Morgan fingerprint density at radius 1 is 0.532 bits per heavy atom. The number of allylic oxidation sites excluding steroid dienone is 4. The first-order valence-corrected chi connectivity index (χ1v) is 15.6. The van der Waals surface area contributed by atoms with Gasteiger partial charge < -0.3 is 9.47 Å². The molecular formula is C42H31N5. The van der Waals surface area contributed by atoms with E-state index in [0.29, 0.717) is 11.4 Å². The fraction of sp³-hybridized carbons (Fsp3) is 0. The molecular weight excluding hydrogens is 574 g/mol. The summed E-state index contributed by atoms with van der Waals surface area (Å²) in [6.45, 7) is 0. The lowest BCUT2D eigenvalue weighted by molar-refractivity contribution is 1.17. The fourth-order valence-electron chi connectivity index (χ4n) is 6.24. The van der Waals surface area contributed by atoms with Crippen molar-refractivity contribution in [2.45, 2.75) is 0 Å². The van der Waals surface area contributed by atoms with Crippen LogP contribution in [0.4, 0.5) is 22.7 Å². The molecule has 0 saturated carbocycles. The van der Waals surface area contributed by atoms with Gasteiger partial charge in [-0.05, 0) is 90.0 Å². The lowest BCUT2D eigenvalue weighted by Crippen LogP contribution is -2.12. The fourth-order valence-corrected chi connectivity index (χ4v) is 6.24. The van der Waals surface area contributed by atoms with Crippen LogP contribution in [0.15, 0.2) is 181 Å². The number of nitrogens with zero attached hydrogens (tertiary/aromatic N) is 3. The van der Waals surface area contributed by atoms with Crippen LogP contribution in [0.1, 0.15) is 0 Å². The number of hydrazone groups is 1. The second kappa shape index (κ2) is 12.1. The van der Waals surface area contributed by atoms with Gasteiger partial charge in [0.1, 0.15) is 5.71 Å². The molecule has 5 nitrogen and oxygen atoms in total. The standard InChI is InChI=1S/C42H31N5/c43-39-17-6-7-18-40(39)45-44-32-13-10-14-36(29-32)46(33-23-21-31(22-24-33)30-11-2-1-3-12-30)34-25-27-35(28-26-34)47-41-19-8-4-15-37(41)38-16-5-9-20-42(38)47/h1-29,43-44H/b43-39?,45-40-. The van der Waals surface area contributed by atoms with Gasteiger partial charge in [0.05, 0.1) is 22.4 Å². The summed E-state index contributed by atoms with van der Waals surface area (Å²) in [5, 5.41) is 15.2. The summed E-state index contributed by atoms with van der Waals surface area (Å²) in [6.07, 6.45) is 7.30. The van der Waals surface area contributed by atoms with Gasteiger partial charge >= 0.3 is 0 Å². The first-order chi connectivity index (χ1) is 23.2. The van der Waals surface area contributed by atoms with Gasteiger partial charge in [-0.25, -0.2) is 0 Å². The van der Waals surface area contributed by atoms with Gasteiger partial charge in [-0.2, -0.15) is 5.10 Å². The van der Waals surface area contributed by atoms with Crippen molar-refractivity contribution >= 4 is 56.0 Å². The van der Waals surface area contributed by atoms with E-state index < -0.39 is 0 Å². The summed E-state index contributed by atoms with van der Waals surface area (Å²) in [7, 11) is 0. The van der Waals surface area contributed by atoms with Crippen molar-refractivity contribution in [3.63, 3.8) is 0 Å². The highest BCUT2D eigenvalue weighted by molar-refractivity contribution is 6.50. The number of nitrogens with one attached hydrogen (secondary N) is 2. The molecule has 0 aliphatic heterocycles. The van der Waals surface area contributed by atoms with E-state index in [1.54, 1.807) is 6.08 Å². The van der Waals surface area contributed by atoms with Crippen molar-refractivity contribution in [3.8, 4) is 16.8 Å². The van der Waals surface area contributed by atoms with Crippen molar-refractivity contribution < 1.29 is 0 Å². The third-order valence-electron chi connectivity index (χ3n) is 8.49. The highest BCUT2D eigenvalue weighted by Crippen LogP contribution is 2.38. The Balaban J connectivity index is 1.20. The molecule has 7 aromatic rings. The molecule has 6 aromatic carbocycles. The molecule has 0 unspecified atom stereocenters. The average molecular weight is 606 g/mol. The summed E-state index contributed by atoms with van der Waals surface area (Å²) in [4.78, 5) is 2.26. The molecule has 8 rings (SSSR count). The average Bonchev–Trinajstić information content (AvgIpc) is 3.47. The molecule has 0 spiro atoms. The third kappa shape index (κ3) is 5.40.